The lowest BCUT2D eigenvalue weighted by molar-refractivity contribution is -0.153. The first-order valence-electron chi connectivity index (χ1n) is 16.3. The van der Waals surface area contributed by atoms with E-state index in [2.05, 4.69) is 10.6 Å². The summed E-state index contributed by atoms with van der Waals surface area (Å²) in [5, 5.41) is 5.18. The van der Waals surface area contributed by atoms with Crippen LogP contribution in [0, 0.1) is 23.7 Å². The number of hydroxylamine groups is 1. The number of ether oxygens (including phenoxy) is 1. The van der Waals surface area contributed by atoms with Crippen LogP contribution in [0.3, 0.4) is 0 Å². The van der Waals surface area contributed by atoms with E-state index in [1.807, 2.05) is 13.8 Å². The second-order valence-electron chi connectivity index (χ2n) is 13.2. The van der Waals surface area contributed by atoms with Gasteiger partial charge in [-0.25, -0.2) is 32.2 Å². The molecule has 0 aromatic rings. The van der Waals surface area contributed by atoms with Crippen LogP contribution in [0.1, 0.15) is 90.9 Å². The predicted octanol–water partition coefficient (Wildman–Crippen LogP) is 5.10. The minimum absolute atomic E-state index is 0.0251. The minimum atomic E-state index is -2.97. The number of carbonyl (C=O) groups excluding carboxylic acids is 4. The van der Waals surface area contributed by atoms with Crippen molar-refractivity contribution in [1.82, 2.24) is 16.1 Å². The fourth-order valence-electron chi connectivity index (χ4n) is 6.46. The molecule has 6 atom stereocenters. The van der Waals surface area contributed by atoms with Crippen LogP contribution in [-0.2, 0) is 24.0 Å². The molecule has 3 fully saturated rings. The van der Waals surface area contributed by atoms with Crippen molar-refractivity contribution in [2.75, 3.05) is 13.2 Å². The number of hydrogen-bond acceptors (Lipinski definition) is 6. The number of carbonyl (C=O) groups is 4. The van der Waals surface area contributed by atoms with Crippen molar-refractivity contribution in [2.24, 2.45) is 23.7 Å². The van der Waals surface area contributed by atoms with Gasteiger partial charge in [-0.3, -0.25) is 19.2 Å². The minimum Gasteiger partial charge on any atom is -0.449 e. The van der Waals surface area contributed by atoms with Gasteiger partial charge in [-0.15, -0.1) is 0 Å². The second kappa shape index (κ2) is 18.0. The predicted molar refractivity (Wildman–Crippen MR) is 154 cm³/mol. The van der Waals surface area contributed by atoms with Crippen molar-refractivity contribution in [3.05, 3.63) is 0 Å². The number of halogens is 5. The molecule has 0 bridgehead atoms. The fourth-order valence-corrected chi connectivity index (χ4v) is 6.46. The summed E-state index contributed by atoms with van der Waals surface area (Å²) in [6.07, 6.45) is -5.00. The largest absolute Gasteiger partial charge is 0.449 e. The average molecular weight is 654 g/mol. The third-order valence-electron chi connectivity index (χ3n) is 9.12. The standard InChI is InChI=1S/C31H48F5N3O6/c1-17(2)13-22(38-31(43)44-15-19-11-7-4-8-12-19)29(41)37-21(14-18-9-5-3-6-10-18)28(40)30(42)39-45-16-20-23(32)25(34)27(36)26(35)24(20)33/h17-27H,3-16H2,1-2H3,(H,37,41)(H,38,43)(H,39,42)/t20?,21?,22-,23?,24?,25?,26?,27?/m0/s1. The van der Waals surface area contributed by atoms with Crippen molar-refractivity contribution in [3.63, 3.8) is 0 Å². The molecule has 5 unspecified atom stereocenters. The van der Waals surface area contributed by atoms with Gasteiger partial charge in [-0.05, 0) is 43.4 Å². The molecule has 3 saturated carbocycles. The number of alkyl carbamates (subject to hydrolysis) is 1. The third-order valence-corrected chi connectivity index (χ3v) is 9.12. The Hall–Kier alpha value is -2.51. The van der Waals surface area contributed by atoms with Gasteiger partial charge >= 0.3 is 12.0 Å². The van der Waals surface area contributed by atoms with Gasteiger partial charge in [0, 0.05) is 0 Å². The van der Waals surface area contributed by atoms with E-state index in [0.29, 0.717) is 0 Å². The Morgan fingerprint density at radius 2 is 1.22 bits per heavy atom. The normalized spacial score (nSPS) is 29.4. The van der Waals surface area contributed by atoms with Crippen LogP contribution < -0.4 is 16.1 Å². The van der Waals surface area contributed by atoms with E-state index >= 15 is 0 Å². The van der Waals surface area contributed by atoms with E-state index in [9.17, 15) is 41.1 Å². The summed E-state index contributed by atoms with van der Waals surface area (Å²) in [7, 11) is 0. The Balaban J connectivity index is 1.62. The molecule has 3 aliphatic carbocycles. The van der Waals surface area contributed by atoms with Crippen molar-refractivity contribution in [3.8, 4) is 0 Å². The molecule has 9 nitrogen and oxygen atoms in total. The second-order valence-corrected chi connectivity index (χ2v) is 13.2. The number of nitrogens with one attached hydrogen (secondary N) is 3. The molecule has 0 saturated heterocycles. The third kappa shape index (κ3) is 11.1. The number of hydrogen-bond donors (Lipinski definition) is 3. The Morgan fingerprint density at radius 1 is 0.689 bits per heavy atom. The monoisotopic (exact) mass is 653 g/mol. The summed E-state index contributed by atoms with van der Waals surface area (Å²) in [4.78, 5) is 56.7. The molecule has 0 spiro atoms. The molecule has 0 heterocycles. The molecule has 3 N–H and O–H groups in total. The van der Waals surface area contributed by atoms with Gasteiger partial charge in [-0.2, -0.15) is 0 Å². The van der Waals surface area contributed by atoms with Gasteiger partial charge in [0.25, 0.3) is 0 Å². The Labute approximate surface area is 261 Å². The van der Waals surface area contributed by atoms with Crippen molar-refractivity contribution >= 4 is 23.7 Å². The molecule has 3 rings (SSSR count). The number of amides is 3. The Bertz CT molecular complexity index is 965. The first-order chi connectivity index (χ1) is 21.4. The lowest BCUT2D eigenvalue weighted by Crippen LogP contribution is -2.56. The smallest absolute Gasteiger partial charge is 0.407 e. The Morgan fingerprint density at radius 3 is 1.78 bits per heavy atom. The molecule has 0 aliphatic heterocycles. The number of ketones is 1. The summed E-state index contributed by atoms with van der Waals surface area (Å²) >= 11 is 0. The number of Topliss-reactive ketones (excluding diaryl/α,β-unsaturated/α-hetero) is 1. The van der Waals surface area contributed by atoms with Crippen LogP contribution in [0.5, 0.6) is 0 Å². The zero-order valence-electron chi connectivity index (χ0n) is 26.1. The van der Waals surface area contributed by atoms with Crippen LogP contribution >= 0.6 is 0 Å². The Kier molecular flexibility index (Phi) is 14.8. The number of alkyl halides is 5. The van der Waals surface area contributed by atoms with Crippen LogP contribution in [0.4, 0.5) is 26.7 Å². The lowest BCUT2D eigenvalue weighted by Gasteiger charge is -2.35. The summed E-state index contributed by atoms with van der Waals surface area (Å²) in [5.74, 6) is -4.94. The van der Waals surface area contributed by atoms with E-state index in [1.54, 1.807) is 5.48 Å². The van der Waals surface area contributed by atoms with E-state index in [1.165, 1.54) is 0 Å². The van der Waals surface area contributed by atoms with Gasteiger partial charge in [0.2, 0.25) is 11.7 Å². The maximum Gasteiger partial charge on any atom is 0.407 e. The summed E-state index contributed by atoms with van der Waals surface area (Å²) in [5.41, 5.74) is 1.74. The lowest BCUT2D eigenvalue weighted by atomic mass is 9.82. The maximum absolute atomic E-state index is 14.2. The first-order valence-corrected chi connectivity index (χ1v) is 16.3. The summed E-state index contributed by atoms with van der Waals surface area (Å²) in [6.45, 7) is 2.89. The van der Waals surface area contributed by atoms with Crippen LogP contribution in [0.15, 0.2) is 0 Å². The zero-order chi connectivity index (χ0) is 33.1. The highest BCUT2D eigenvalue weighted by molar-refractivity contribution is 6.38. The first kappa shape index (κ1) is 37.0. The van der Waals surface area contributed by atoms with Crippen LogP contribution in [-0.4, -0.2) is 79.8 Å². The van der Waals surface area contributed by atoms with Gasteiger partial charge in [-0.1, -0.05) is 65.2 Å². The van der Waals surface area contributed by atoms with Gasteiger partial charge in [0.05, 0.1) is 25.2 Å². The van der Waals surface area contributed by atoms with Crippen LogP contribution in [0.25, 0.3) is 0 Å². The molecule has 0 aromatic heterocycles. The maximum atomic E-state index is 14.2. The zero-order valence-corrected chi connectivity index (χ0v) is 26.1. The van der Waals surface area contributed by atoms with Gasteiger partial charge in [0.1, 0.15) is 18.4 Å². The highest BCUT2D eigenvalue weighted by Crippen LogP contribution is 2.36. The molecule has 14 heteroatoms. The fraction of sp³-hybridized carbons (Fsp3) is 0.871. The van der Waals surface area contributed by atoms with Gasteiger partial charge in [0.15, 0.2) is 18.5 Å². The molecular formula is C31H48F5N3O6. The molecule has 0 radical (unpaired) electrons. The van der Waals surface area contributed by atoms with E-state index in [4.69, 9.17) is 9.57 Å². The molecule has 0 aromatic carbocycles. The SMILES string of the molecule is CC(C)C[C@H](NC(=O)OCC1CCCCC1)C(=O)NC(CC1CCCCC1)C(=O)C(=O)NOCC1C(F)C(F)C(F)C(F)C1F. The molecule has 3 amide bonds. The summed E-state index contributed by atoms with van der Waals surface area (Å²) < 4.78 is 74.6. The molecule has 3 aliphatic rings. The average Bonchev–Trinajstić information content (AvgIpc) is 3.03. The van der Waals surface area contributed by atoms with Gasteiger partial charge < -0.3 is 15.4 Å². The topological polar surface area (TPSA) is 123 Å². The van der Waals surface area contributed by atoms with Crippen LogP contribution in [0.2, 0.25) is 0 Å². The van der Waals surface area contributed by atoms with E-state index in [0.717, 1.165) is 64.2 Å². The van der Waals surface area contributed by atoms with E-state index < -0.39 is 79.2 Å². The highest BCUT2D eigenvalue weighted by Gasteiger charge is 2.53. The quantitative estimate of drug-likeness (QED) is 0.136. The van der Waals surface area contributed by atoms with Crippen molar-refractivity contribution in [1.29, 1.82) is 0 Å². The number of rotatable bonds is 14. The highest BCUT2D eigenvalue weighted by atomic mass is 19.2. The van der Waals surface area contributed by atoms with Crippen molar-refractivity contribution in [2.45, 2.75) is 134 Å². The van der Waals surface area contributed by atoms with Crippen molar-refractivity contribution < 1.29 is 50.7 Å². The summed E-state index contributed by atoms with van der Waals surface area (Å²) in [6, 6.07) is -2.37. The molecule has 258 valence electrons. The van der Waals surface area contributed by atoms with E-state index in [-0.39, 0.29) is 37.2 Å². The molecular weight excluding hydrogens is 605 g/mol. The molecule has 45 heavy (non-hydrogen) atoms.